The van der Waals surface area contributed by atoms with Crippen molar-refractivity contribution in [3.8, 4) is 0 Å². The molecule has 0 aromatic heterocycles. The van der Waals surface area contributed by atoms with Crippen LogP contribution in [-0.2, 0) is 11.2 Å². The molecule has 1 amide bonds. The lowest BCUT2D eigenvalue weighted by Gasteiger charge is -2.08. The molecule has 0 fully saturated rings. The Labute approximate surface area is 131 Å². The van der Waals surface area contributed by atoms with Gasteiger partial charge in [0.25, 0.3) is 5.91 Å². The summed E-state index contributed by atoms with van der Waals surface area (Å²) in [6, 6.07) is 11.2. The molecule has 2 aromatic carbocycles. The molecule has 2 N–H and O–H groups in total. The predicted octanol–water partition coefficient (Wildman–Crippen LogP) is 3.87. The van der Waals surface area contributed by atoms with Crippen LogP contribution in [-0.4, -0.2) is 17.0 Å². The molecule has 2 rings (SSSR count). The number of hydrogen-bond acceptors (Lipinski definition) is 2. The fraction of sp³-hybridized carbons (Fsp3) is 0.0667. The number of carboxylic acids is 1. The van der Waals surface area contributed by atoms with Crippen LogP contribution in [0, 0.1) is 0 Å². The first kappa shape index (κ1) is 15.4. The summed E-state index contributed by atoms with van der Waals surface area (Å²) in [6.45, 7) is 0. The Morgan fingerprint density at radius 3 is 2.33 bits per heavy atom. The van der Waals surface area contributed by atoms with Crippen LogP contribution in [0.2, 0.25) is 10.0 Å². The Hall–Kier alpha value is -2.04. The number of nitrogens with one attached hydrogen (secondary N) is 1. The van der Waals surface area contributed by atoms with Gasteiger partial charge in [0.1, 0.15) is 0 Å². The summed E-state index contributed by atoms with van der Waals surface area (Å²) in [5.41, 5.74) is 1.48. The van der Waals surface area contributed by atoms with Gasteiger partial charge in [-0.15, -0.1) is 0 Å². The Kier molecular flexibility index (Phi) is 4.83. The van der Waals surface area contributed by atoms with Crippen molar-refractivity contribution in [2.45, 2.75) is 6.42 Å². The van der Waals surface area contributed by atoms with Crippen molar-refractivity contribution in [3.05, 3.63) is 63.6 Å². The number of carboxylic acid groups (broad SMARTS) is 1. The van der Waals surface area contributed by atoms with Crippen molar-refractivity contribution in [1.29, 1.82) is 0 Å². The smallest absolute Gasteiger partial charge is 0.307 e. The largest absolute Gasteiger partial charge is 0.481 e. The Bertz CT molecular complexity index is 684. The Morgan fingerprint density at radius 2 is 1.71 bits per heavy atom. The molecule has 0 saturated heterocycles. The summed E-state index contributed by atoms with van der Waals surface area (Å²) in [7, 11) is 0. The molecule has 21 heavy (non-hydrogen) atoms. The van der Waals surface area contributed by atoms with Gasteiger partial charge in [-0.1, -0.05) is 35.3 Å². The van der Waals surface area contributed by atoms with Gasteiger partial charge in [0, 0.05) is 10.7 Å². The second kappa shape index (κ2) is 6.61. The zero-order chi connectivity index (χ0) is 15.4. The SMILES string of the molecule is O=C(O)Cc1ccc(NC(=O)c2cc(Cl)ccc2Cl)cc1. The number of hydrogen-bond donors (Lipinski definition) is 2. The summed E-state index contributed by atoms with van der Waals surface area (Å²) in [5.74, 6) is -1.29. The van der Waals surface area contributed by atoms with E-state index < -0.39 is 5.97 Å². The zero-order valence-electron chi connectivity index (χ0n) is 10.8. The van der Waals surface area contributed by atoms with E-state index in [0.29, 0.717) is 21.3 Å². The molecule has 2 aromatic rings. The van der Waals surface area contributed by atoms with Gasteiger partial charge in [-0.3, -0.25) is 9.59 Å². The van der Waals surface area contributed by atoms with Crippen LogP contribution in [0.1, 0.15) is 15.9 Å². The van der Waals surface area contributed by atoms with Crippen molar-refractivity contribution in [3.63, 3.8) is 0 Å². The minimum atomic E-state index is -0.905. The molecule has 0 saturated carbocycles. The van der Waals surface area contributed by atoms with Gasteiger partial charge in [-0.2, -0.15) is 0 Å². The van der Waals surface area contributed by atoms with Crippen molar-refractivity contribution < 1.29 is 14.7 Å². The van der Waals surface area contributed by atoms with E-state index in [1.54, 1.807) is 36.4 Å². The second-order valence-corrected chi connectivity index (χ2v) is 5.19. The zero-order valence-corrected chi connectivity index (χ0v) is 12.3. The van der Waals surface area contributed by atoms with E-state index >= 15 is 0 Å². The monoisotopic (exact) mass is 323 g/mol. The minimum absolute atomic E-state index is 0.0612. The van der Waals surface area contributed by atoms with Gasteiger partial charge in [0.2, 0.25) is 0 Å². The number of carbonyl (C=O) groups is 2. The van der Waals surface area contributed by atoms with Crippen LogP contribution in [0.25, 0.3) is 0 Å². The first-order valence-corrected chi connectivity index (χ1v) is 6.78. The quantitative estimate of drug-likeness (QED) is 0.897. The Balaban J connectivity index is 2.12. The maximum Gasteiger partial charge on any atom is 0.307 e. The van der Waals surface area contributed by atoms with E-state index in [0.717, 1.165) is 0 Å². The normalized spacial score (nSPS) is 10.2. The highest BCUT2D eigenvalue weighted by Crippen LogP contribution is 2.22. The van der Waals surface area contributed by atoms with Crippen LogP contribution in [0.4, 0.5) is 5.69 Å². The molecular weight excluding hydrogens is 313 g/mol. The fourth-order valence-corrected chi connectivity index (χ4v) is 2.13. The summed E-state index contributed by atoms with van der Waals surface area (Å²) in [5, 5.41) is 12.1. The van der Waals surface area contributed by atoms with E-state index in [1.807, 2.05) is 0 Å². The fourth-order valence-electron chi connectivity index (χ4n) is 1.75. The average molecular weight is 324 g/mol. The molecule has 0 aliphatic carbocycles. The molecule has 0 radical (unpaired) electrons. The van der Waals surface area contributed by atoms with Crippen molar-refractivity contribution in [1.82, 2.24) is 0 Å². The molecule has 0 atom stereocenters. The van der Waals surface area contributed by atoms with Crippen molar-refractivity contribution >= 4 is 40.8 Å². The van der Waals surface area contributed by atoms with Gasteiger partial charge in [-0.25, -0.2) is 0 Å². The molecule has 0 unspecified atom stereocenters. The molecule has 0 aliphatic heterocycles. The maximum absolute atomic E-state index is 12.1. The lowest BCUT2D eigenvalue weighted by Crippen LogP contribution is -2.12. The molecule has 4 nitrogen and oxygen atoms in total. The standard InChI is InChI=1S/C15H11Cl2NO3/c16-10-3-6-13(17)12(8-10)15(21)18-11-4-1-9(2-5-11)7-14(19)20/h1-6,8H,7H2,(H,18,21)(H,19,20). The second-order valence-electron chi connectivity index (χ2n) is 4.35. The summed E-state index contributed by atoms with van der Waals surface area (Å²) in [6.07, 6.45) is -0.0612. The molecule has 0 heterocycles. The Morgan fingerprint density at radius 1 is 1.05 bits per heavy atom. The van der Waals surface area contributed by atoms with Crippen LogP contribution in [0.15, 0.2) is 42.5 Å². The minimum Gasteiger partial charge on any atom is -0.481 e. The number of carbonyl (C=O) groups excluding carboxylic acids is 1. The first-order chi connectivity index (χ1) is 9.95. The van der Waals surface area contributed by atoms with Crippen molar-refractivity contribution in [2.75, 3.05) is 5.32 Å². The summed E-state index contributed by atoms with van der Waals surface area (Å²) in [4.78, 5) is 22.7. The van der Waals surface area contributed by atoms with E-state index in [1.165, 1.54) is 6.07 Å². The topological polar surface area (TPSA) is 66.4 Å². The average Bonchev–Trinajstić information content (AvgIpc) is 2.43. The van der Waals surface area contributed by atoms with Gasteiger partial charge >= 0.3 is 5.97 Å². The van der Waals surface area contributed by atoms with Crippen LogP contribution in [0.5, 0.6) is 0 Å². The van der Waals surface area contributed by atoms with Crippen molar-refractivity contribution in [2.24, 2.45) is 0 Å². The van der Waals surface area contributed by atoms with Gasteiger partial charge < -0.3 is 10.4 Å². The number of benzene rings is 2. The molecule has 0 bridgehead atoms. The van der Waals surface area contributed by atoms with Crippen LogP contribution < -0.4 is 5.32 Å². The predicted molar refractivity (Wildman–Crippen MR) is 82.2 cm³/mol. The highest BCUT2D eigenvalue weighted by molar-refractivity contribution is 6.36. The third kappa shape index (κ3) is 4.21. The summed E-state index contributed by atoms with van der Waals surface area (Å²) < 4.78 is 0. The lowest BCUT2D eigenvalue weighted by atomic mass is 10.1. The molecule has 0 spiro atoms. The van der Waals surface area contributed by atoms with Gasteiger partial charge in [-0.05, 0) is 35.9 Å². The van der Waals surface area contributed by atoms with Crippen LogP contribution >= 0.6 is 23.2 Å². The number of rotatable bonds is 4. The maximum atomic E-state index is 12.1. The lowest BCUT2D eigenvalue weighted by molar-refractivity contribution is -0.136. The van der Waals surface area contributed by atoms with Crippen LogP contribution in [0.3, 0.4) is 0 Å². The van der Waals surface area contributed by atoms with Gasteiger partial charge in [0.05, 0.1) is 17.0 Å². The number of amides is 1. The molecule has 6 heteroatoms. The van der Waals surface area contributed by atoms with Gasteiger partial charge in [0.15, 0.2) is 0 Å². The molecular formula is C15H11Cl2NO3. The third-order valence-electron chi connectivity index (χ3n) is 2.74. The summed E-state index contributed by atoms with van der Waals surface area (Å²) >= 11 is 11.8. The highest BCUT2D eigenvalue weighted by atomic mass is 35.5. The third-order valence-corrected chi connectivity index (χ3v) is 3.30. The highest BCUT2D eigenvalue weighted by Gasteiger charge is 2.11. The molecule has 108 valence electrons. The number of aliphatic carboxylic acids is 1. The number of halogens is 2. The van der Waals surface area contributed by atoms with E-state index in [4.69, 9.17) is 28.3 Å². The first-order valence-electron chi connectivity index (χ1n) is 6.03. The van der Waals surface area contributed by atoms with E-state index in [9.17, 15) is 9.59 Å². The van der Waals surface area contributed by atoms with E-state index in [-0.39, 0.29) is 17.9 Å². The number of anilines is 1. The van der Waals surface area contributed by atoms with E-state index in [2.05, 4.69) is 5.32 Å². The molecule has 0 aliphatic rings.